The van der Waals surface area contributed by atoms with Gasteiger partial charge in [0.2, 0.25) is 0 Å². The fourth-order valence-electron chi connectivity index (χ4n) is 3.34. The number of nitro benzene ring substituents is 1. The van der Waals surface area contributed by atoms with E-state index >= 15 is 0 Å². The lowest BCUT2D eigenvalue weighted by Gasteiger charge is -2.20. The molecule has 2 aliphatic rings. The van der Waals surface area contributed by atoms with Crippen molar-refractivity contribution in [1.29, 1.82) is 0 Å². The second-order valence-corrected chi connectivity index (χ2v) is 10.1. The summed E-state index contributed by atoms with van der Waals surface area (Å²) < 4.78 is 1.12. The first-order valence-corrected chi connectivity index (χ1v) is 12.2. The molecular weight excluding hydrogens is 506 g/mol. The molecule has 0 unspecified atom stereocenters. The minimum absolute atomic E-state index is 0.123. The molecule has 0 atom stereocenters. The molecule has 4 aromatic carbocycles. The zero-order chi connectivity index (χ0) is 22.1. The van der Waals surface area contributed by atoms with Crippen LogP contribution in [-0.4, -0.2) is 4.92 Å². The van der Waals surface area contributed by atoms with E-state index in [1.807, 2.05) is 24.3 Å². The monoisotopic (exact) mass is 521 g/mol. The largest absolute Gasteiger partial charge is 0.354 e. The number of nitro groups is 1. The standard InChI is InChI=1S/C12H8BrNS.C12H8N2O2S/c13-8-5-6-10-12(7-8)15-11-4-2-1-3-9(11)14-10;15-14(16)8-5-6-10-12(7-8)17-11-4-2-1-3-9(11)13-10/h1-7,14H;1-7,13H. The Labute approximate surface area is 201 Å². The molecule has 32 heavy (non-hydrogen) atoms. The van der Waals surface area contributed by atoms with Crippen molar-refractivity contribution in [3.05, 3.63) is 99.5 Å². The first-order chi connectivity index (χ1) is 15.6. The Bertz CT molecular complexity index is 1350. The summed E-state index contributed by atoms with van der Waals surface area (Å²) in [6, 6.07) is 27.4. The summed E-state index contributed by atoms with van der Waals surface area (Å²) in [6.45, 7) is 0. The SMILES string of the molecule is Brc1ccc2c(c1)Sc1ccccc1N2.O=[N+]([O-])c1ccc2c(c1)Sc1ccccc1N2. The first kappa shape index (κ1) is 20.9. The van der Waals surface area contributed by atoms with Crippen LogP contribution in [0.5, 0.6) is 0 Å². The maximum Gasteiger partial charge on any atom is 0.270 e. The first-order valence-electron chi connectivity index (χ1n) is 9.73. The van der Waals surface area contributed by atoms with Gasteiger partial charge in [-0.2, -0.15) is 0 Å². The molecule has 0 bridgehead atoms. The summed E-state index contributed by atoms with van der Waals surface area (Å²) in [5.41, 5.74) is 4.45. The van der Waals surface area contributed by atoms with Gasteiger partial charge in [0.25, 0.3) is 5.69 Å². The van der Waals surface area contributed by atoms with E-state index in [1.165, 1.54) is 27.2 Å². The molecule has 2 heterocycles. The van der Waals surface area contributed by atoms with Crippen molar-refractivity contribution in [2.75, 3.05) is 10.6 Å². The molecule has 2 aliphatic heterocycles. The van der Waals surface area contributed by atoms with E-state index in [0.29, 0.717) is 0 Å². The van der Waals surface area contributed by atoms with Crippen molar-refractivity contribution >= 4 is 67.9 Å². The van der Waals surface area contributed by atoms with Gasteiger partial charge in [0.05, 0.1) is 27.7 Å². The predicted octanol–water partition coefficient (Wildman–Crippen LogP) is 8.46. The topological polar surface area (TPSA) is 67.2 Å². The summed E-state index contributed by atoms with van der Waals surface area (Å²) in [4.78, 5) is 14.9. The van der Waals surface area contributed by atoms with Crippen LogP contribution in [-0.2, 0) is 0 Å². The number of para-hydroxylation sites is 2. The number of hydrogen-bond acceptors (Lipinski definition) is 6. The average Bonchev–Trinajstić information content (AvgIpc) is 2.81. The summed E-state index contributed by atoms with van der Waals surface area (Å²) >= 11 is 6.84. The lowest BCUT2D eigenvalue weighted by Crippen LogP contribution is -2.00. The van der Waals surface area contributed by atoms with Gasteiger partial charge in [-0.3, -0.25) is 10.1 Å². The number of fused-ring (bicyclic) bond motifs is 4. The van der Waals surface area contributed by atoms with Crippen LogP contribution in [0.1, 0.15) is 0 Å². The second kappa shape index (κ2) is 8.90. The Kier molecular flexibility index (Phi) is 5.82. The van der Waals surface area contributed by atoms with Gasteiger partial charge in [0, 0.05) is 36.2 Å². The van der Waals surface area contributed by atoms with Gasteiger partial charge >= 0.3 is 0 Å². The zero-order valence-electron chi connectivity index (χ0n) is 16.5. The molecule has 0 fully saturated rings. The third kappa shape index (κ3) is 4.34. The molecule has 0 radical (unpaired) electrons. The normalized spacial score (nSPS) is 12.4. The van der Waals surface area contributed by atoms with Crippen LogP contribution in [0.3, 0.4) is 0 Å². The van der Waals surface area contributed by atoms with Crippen LogP contribution in [0, 0.1) is 10.1 Å². The molecule has 0 spiro atoms. The molecule has 158 valence electrons. The van der Waals surface area contributed by atoms with E-state index in [9.17, 15) is 10.1 Å². The third-order valence-electron chi connectivity index (χ3n) is 4.87. The fourth-order valence-corrected chi connectivity index (χ4v) is 5.90. The molecule has 0 saturated carbocycles. The molecule has 2 N–H and O–H groups in total. The van der Waals surface area contributed by atoms with Gasteiger partial charge in [-0.05, 0) is 48.5 Å². The van der Waals surface area contributed by atoms with Gasteiger partial charge in [-0.25, -0.2) is 0 Å². The highest BCUT2D eigenvalue weighted by atomic mass is 79.9. The molecule has 4 aromatic rings. The van der Waals surface area contributed by atoms with Crippen molar-refractivity contribution in [1.82, 2.24) is 0 Å². The van der Waals surface area contributed by atoms with Crippen molar-refractivity contribution < 1.29 is 4.92 Å². The van der Waals surface area contributed by atoms with Crippen LogP contribution < -0.4 is 10.6 Å². The smallest absolute Gasteiger partial charge is 0.270 e. The van der Waals surface area contributed by atoms with Crippen molar-refractivity contribution in [3.63, 3.8) is 0 Å². The summed E-state index contributed by atoms with van der Waals surface area (Å²) in [7, 11) is 0. The number of nitrogens with zero attached hydrogens (tertiary/aromatic N) is 1. The number of rotatable bonds is 1. The molecule has 5 nitrogen and oxygen atoms in total. The molecule has 8 heteroatoms. The minimum atomic E-state index is -0.374. The number of non-ortho nitro benzene ring substituents is 1. The number of benzene rings is 4. The predicted molar refractivity (Wildman–Crippen MR) is 135 cm³/mol. The Morgan fingerprint density at radius 3 is 1.75 bits per heavy atom. The fraction of sp³-hybridized carbons (Fsp3) is 0. The van der Waals surface area contributed by atoms with Crippen LogP contribution >= 0.6 is 39.5 Å². The van der Waals surface area contributed by atoms with Gasteiger partial charge in [0.15, 0.2) is 0 Å². The highest BCUT2D eigenvalue weighted by Crippen LogP contribution is 2.45. The Hall–Kier alpha value is -2.94. The molecule has 0 aliphatic carbocycles. The van der Waals surface area contributed by atoms with Gasteiger partial charge < -0.3 is 10.6 Å². The van der Waals surface area contributed by atoms with Crippen LogP contribution in [0.4, 0.5) is 28.4 Å². The Balaban J connectivity index is 0.000000136. The Morgan fingerprint density at radius 1 is 0.656 bits per heavy atom. The summed E-state index contributed by atoms with van der Waals surface area (Å²) in [5.74, 6) is 0. The van der Waals surface area contributed by atoms with Gasteiger partial charge in [-0.1, -0.05) is 63.7 Å². The second-order valence-electron chi connectivity index (χ2n) is 7.02. The minimum Gasteiger partial charge on any atom is -0.354 e. The van der Waals surface area contributed by atoms with E-state index in [-0.39, 0.29) is 10.6 Å². The quantitative estimate of drug-likeness (QED) is 0.167. The Morgan fingerprint density at radius 2 is 1.16 bits per heavy atom. The summed E-state index contributed by atoms with van der Waals surface area (Å²) in [6.07, 6.45) is 0. The van der Waals surface area contributed by atoms with Crippen molar-refractivity contribution in [2.24, 2.45) is 0 Å². The maximum atomic E-state index is 10.7. The van der Waals surface area contributed by atoms with Crippen LogP contribution in [0.2, 0.25) is 0 Å². The molecule has 0 amide bonds. The lowest BCUT2D eigenvalue weighted by molar-refractivity contribution is -0.385. The number of nitrogens with one attached hydrogen (secondary N) is 2. The van der Waals surface area contributed by atoms with Gasteiger partial charge in [-0.15, -0.1) is 0 Å². The van der Waals surface area contributed by atoms with Gasteiger partial charge in [0.1, 0.15) is 0 Å². The maximum absolute atomic E-state index is 10.7. The highest BCUT2D eigenvalue weighted by molar-refractivity contribution is 9.10. The van der Waals surface area contributed by atoms with E-state index in [0.717, 1.165) is 25.6 Å². The van der Waals surface area contributed by atoms with E-state index in [4.69, 9.17) is 0 Å². The van der Waals surface area contributed by atoms with E-state index in [2.05, 4.69) is 69.0 Å². The van der Waals surface area contributed by atoms with Crippen molar-refractivity contribution in [2.45, 2.75) is 19.6 Å². The van der Waals surface area contributed by atoms with Crippen molar-refractivity contribution in [3.8, 4) is 0 Å². The average molecular weight is 522 g/mol. The molecular formula is C24H16BrN3O2S2. The highest BCUT2D eigenvalue weighted by Gasteiger charge is 2.18. The van der Waals surface area contributed by atoms with E-state index < -0.39 is 0 Å². The number of hydrogen-bond donors (Lipinski definition) is 2. The number of anilines is 4. The molecule has 0 saturated heterocycles. The summed E-state index contributed by atoms with van der Waals surface area (Å²) in [5, 5.41) is 17.4. The third-order valence-corrected chi connectivity index (χ3v) is 7.63. The zero-order valence-corrected chi connectivity index (χ0v) is 19.8. The van der Waals surface area contributed by atoms with Crippen LogP contribution in [0.15, 0.2) is 109 Å². The van der Waals surface area contributed by atoms with Crippen LogP contribution in [0.25, 0.3) is 0 Å². The number of halogens is 1. The molecule has 0 aromatic heterocycles. The van der Waals surface area contributed by atoms with E-state index in [1.54, 1.807) is 35.7 Å². The lowest BCUT2D eigenvalue weighted by atomic mass is 10.2. The molecule has 6 rings (SSSR count).